The molecule has 25 heavy (non-hydrogen) atoms. The lowest BCUT2D eigenvalue weighted by atomic mass is 9.95. The molecule has 0 radical (unpaired) electrons. The van der Waals surface area contributed by atoms with Crippen LogP contribution < -0.4 is 0 Å². The molecule has 1 saturated heterocycles. The molecule has 1 fully saturated rings. The molecule has 1 aromatic rings. The highest BCUT2D eigenvalue weighted by Gasteiger charge is 2.29. The second-order valence-electron chi connectivity index (χ2n) is 7.67. The predicted octanol–water partition coefficient (Wildman–Crippen LogP) is 6.83. The number of rotatable bonds is 11. The van der Waals surface area contributed by atoms with Gasteiger partial charge >= 0.3 is 0 Å². The molecule has 0 bridgehead atoms. The van der Waals surface area contributed by atoms with Gasteiger partial charge in [0.25, 0.3) is 0 Å². The van der Waals surface area contributed by atoms with Gasteiger partial charge in [-0.25, -0.2) is 0 Å². The Kier molecular flexibility index (Phi) is 9.57. The maximum Gasteiger partial charge on any atom is 0.184 e. The summed E-state index contributed by atoms with van der Waals surface area (Å²) in [6.45, 7) is 7.56. The number of aryl methyl sites for hydroxylation is 1. The first-order chi connectivity index (χ1) is 12.2. The van der Waals surface area contributed by atoms with Crippen LogP contribution in [0.3, 0.4) is 0 Å². The molecule has 142 valence electrons. The van der Waals surface area contributed by atoms with Crippen molar-refractivity contribution in [1.29, 1.82) is 0 Å². The van der Waals surface area contributed by atoms with Crippen LogP contribution in [0, 0.1) is 5.92 Å². The van der Waals surface area contributed by atoms with E-state index in [2.05, 4.69) is 45.0 Å². The molecule has 0 saturated carbocycles. The van der Waals surface area contributed by atoms with Crippen molar-refractivity contribution < 1.29 is 9.47 Å². The minimum atomic E-state index is -0.184. The van der Waals surface area contributed by atoms with Gasteiger partial charge in [-0.2, -0.15) is 0 Å². The van der Waals surface area contributed by atoms with Crippen LogP contribution >= 0.6 is 0 Å². The fourth-order valence-electron chi connectivity index (χ4n) is 3.62. The molecule has 0 amide bonds. The van der Waals surface area contributed by atoms with Crippen molar-refractivity contribution in [3.05, 3.63) is 35.4 Å². The van der Waals surface area contributed by atoms with Crippen LogP contribution in [-0.2, 0) is 15.9 Å². The fourth-order valence-corrected chi connectivity index (χ4v) is 3.62. The third-order valence-electron chi connectivity index (χ3n) is 5.46. The van der Waals surface area contributed by atoms with Gasteiger partial charge in [-0.3, -0.25) is 0 Å². The van der Waals surface area contributed by atoms with Gasteiger partial charge in [-0.1, -0.05) is 83.1 Å². The standard InChI is InChI=1S/C23H38O2/c1-4-6-8-9-11-13-22-18-24-23(25-19(22)3)21-16-14-20(15-17-21)12-10-7-5-2/h14-17,19,22-23H,4-13,18H2,1-3H3. The van der Waals surface area contributed by atoms with Gasteiger partial charge in [0.1, 0.15) is 0 Å². The molecule has 1 aliphatic heterocycles. The van der Waals surface area contributed by atoms with Crippen LogP contribution in [-0.4, -0.2) is 12.7 Å². The minimum Gasteiger partial charge on any atom is -0.348 e. The second kappa shape index (κ2) is 11.7. The monoisotopic (exact) mass is 346 g/mol. The highest BCUT2D eigenvalue weighted by molar-refractivity contribution is 5.23. The Labute approximate surface area is 155 Å². The van der Waals surface area contributed by atoms with E-state index < -0.39 is 0 Å². The fraction of sp³-hybridized carbons (Fsp3) is 0.739. The van der Waals surface area contributed by atoms with Crippen LogP contribution in [0.15, 0.2) is 24.3 Å². The van der Waals surface area contributed by atoms with E-state index in [1.54, 1.807) is 0 Å². The van der Waals surface area contributed by atoms with Gasteiger partial charge in [-0.05, 0) is 31.7 Å². The molecule has 3 atom stereocenters. The minimum absolute atomic E-state index is 0.184. The lowest BCUT2D eigenvalue weighted by molar-refractivity contribution is -0.237. The summed E-state index contributed by atoms with van der Waals surface area (Å²) < 4.78 is 12.2. The van der Waals surface area contributed by atoms with E-state index in [4.69, 9.17) is 9.47 Å². The van der Waals surface area contributed by atoms with Crippen molar-refractivity contribution in [2.45, 2.75) is 97.4 Å². The molecule has 0 spiro atoms. The van der Waals surface area contributed by atoms with Gasteiger partial charge in [0.2, 0.25) is 0 Å². The number of hydrogen-bond donors (Lipinski definition) is 0. The molecule has 0 N–H and O–H groups in total. The van der Waals surface area contributed by atoms with Crippen molar-refractivity contribution in [3.8, 4) is 0 Å². The largest absolute Gasteiger partial charge is 0.348 e. The highest BCUT2D eigenvalue weighted by atomic mass is 16.7. The normalized spacial score (nSPS) is 23.7. The first-order valence-corrected chi connectivity index (χ1v) is 10.6. The van der Waals surface area contributed by atoms with E-state index in [1.807, 2.05) is 0 Å². The van der Waals surface area contributed by atoms with Gasteiger partial charge < -0.3 is 9.47 Å². The third-order valence-corrected chi connectivity index (χ3v) is 5.46. The van der Waals surface area contributed by atoms with Crippen LogP contribution in [0.2, 0.25) is 0 Å². The number of unbranched alkanes of at least 4 members (excludes halogenated alkanes) is 6. The zero-order valence-electron chi connectivity index (χ0n) is 16.6. The molecule has 2 heteroatoms. The van der Waals surface area contributed by atoms with Crippen LogP contribution in [0.4, 0.5) is 0 Å². The molecule has 0 aliphatic carbocycles. The zero-order valence-corrected chi connectivity index (χ0v) is 16.6. The first kappa shape index (κ1) is 20.5. The van der Waals surface area contributed by atoms with Gasteiger partial charge in [0.05, 0.1) is 12.7 Å². The van der Waals surface area contributed by atoms with E-state index in [-0.39, 0.29) is 12.4 Å². The molecule has 3 unspecified atom stereocenters. The maximum absolute atomic E-state index is 6.18. The molecule has 0 aromatic heterocycles. The Morgan fingerprint density at radius 3 is 2.24 bits per heavy atom. The van der Waals surface area contributed by atoms with Gasteiger partial charge in [0, 0.05) is 11.5 Å². The molecule has 1 aliphatic rings. The smallest absolute Gasteiger partial charge is 0.184 e. The van der Waals surface area contributed by atoms with Crippen molar-refractivity contribution in [3.63, 3.8) is 0 Å². The third kappa shape index (κ3) is 7.11. The Morgan fingerprint density at radius 2 is 1.56 bits per heavy atom. The van der Waals surface area contributed by atoms with Crippen LogP contribution in [0.25, 0.3) is 0 Å². The van der Waals surface area contributed by atoms with E-state index in [9.17, 15) is 0 Å². The summed E-state index contributed by atoms with van der Waals surface area (Å²) in [4.78, 5) is 0. The highest BCUT2D eigenvalue weighted by Crippen LogP contribution is 2.31. The maximum atomic E-state index is 6.18. The van der Waals surface area contributed by atoms with Gasteiger partial charge in [0.15, 0.2) is 6.29 Å². The Bertz CT molecular complexity index is 454. The molecule has 1 heterocycles. The average molecular weight is 347 g/mol. The van der Waals surface area contributed by atoms with E-state index in [1.165, 1.54) is 69.8 Å². The summed E-state index contributed by atoms with van der Waals surface area (Å²) in [6.07, 6.45) is 13.1. The van der Waals surface area contributed by atoms with Crippen molar-refractivity contribution >= 4 is 0 Å². The Hall–Kier alpha value is -0.860. The van der Waals surface area contributed by atoms with E-state index in [0.29, 0.717) is 5.92 Å². The van der Waals surface area contributed by atoms with Crippen LogP contribution in [0.1, 0.15) is 96.0 Å². The summed E-state index contributed by atoms with van der Waals surface area (Å²) in [5.74, 6) is 0.547. The SMILES string of the molecule is CCCCCCCC1COC(c2ccc(CCCCC)cc2)OC1C. The van der Waals surface area contributed by atoms with Crippen LogP contribution in [0.5, 0.6) is 0 Å². The van der Waals surface area contributed by atoms with Crippen molar-refractivity contribution in [2.24, 2.45) is 5.92 Å². The summed E-state index contributed by atoms with van der Waals surface area (Å²) >= 11 is 0. The molecule has 1 aromatic carbocycles. The molecular formula is C23H38O2. The zero-order chi connectivity index (χ0) is 17.9. The Balaban J connectivity index is 1.74. The second-order valence-corrected chi connectivity index (χ2v) is 7.67. The lowest BCUT2D eigenvalue weighted by Crippen LogP contribution is -2.34. The van der Waals surface area contributed by atoms with Crippen molar-refractivity contribution in [1.82, 2.24) is 0 Å². The molecular weight excluding hydrogens is 308 g/mol. The van der Waals surface area contributed by atoms with Crippen molar-refractivity contribution in [2.75, 3.05) is 6.61 Å². The summed E-state index contributed by atoms with van der Waals surface area (Å²) in [5, 5.41) is 0. The summed E-state index contributed by atoms with van der Waals surface area (Å²) in [6, 6.07) is 8.85. The Morgan fingerprint density at radius 1 is 0.880 bits per heavy atom. The van der Waals surface area contributed by atoms with E-state index >= 15 is 0 Å². The number of ether oxygens (including phenoxy) is 2. The lowest BCUT2D eigenvalue weighted by Gasteiger charge is -2.35. The summed E-state index contributed by atoms with van der Waals surface area (Å²) in [5.41, 5.74) is 2.58. The van der Waals surface area contributed by atoms with Gasteiger partial charge in [-0.15, -0.1) is 0 Å². The number of benzene rings is 1. The predicted molar refractivity (Wildman–Crippen MR) is 106 cm³/mol. The topological polar surface area (TPSA) is 18.5 Å². The van der Waals surface area contributed by atoms with E-state index in [0.717, 1.165) is 12.2 Å². The summed E-state index contributed by atoms with van der Waals surface area (Å²) in [7, 11) is 0. The quantitative estimate of drug-likeness (QED) is 0.409. The average Bonchev–Trinajstić information content (AvgIpc) is 2.63. The first-order valence-electron chi connectivity index (χ1n) is 10.6. The molecule has 2 nitrogen and oxygen atoms in total. The molecule has 2 rings (SSSR count). The number of hydrogen-bond acceptors (Lipinski definition) is 2.